The molecule has 8 heteroatoms. The van der Waals surface area contributed by atoms with Gasteiger partial charge in [0.25, 0.3) is 5.91 Å². The Hall–Kier alpha value is -5.16. The van der Waals surface area contributed by atoms with Gasteiger partial charge in [-0.2, -0.15) is 5.26 Å². The number of carbonyl (C=O) groups is 2. The zero-order chi connectivity index (χ0) is 28.4. The van der Waals surface area contributed by atoms with Crippen LogP contribution in [0.2, 0.25) is 0 Å². The van der Waals surface area contributed by atoms with Gasteiger partial charge in [0.2, 0.25) is 0 Å². The van der Waals surface area contributed by atoms with E-state index in [1.165, 1.54) is 4.90 Å². The Balaban J connectivity index is 1.24. The summed E-state index contributed by atoms with van der Waals surface area (Å²) in [6.45, 7) is 2.93. The standard InChI is InChI=1S/C33H29N5O3/c1-33(30-12-4-8-26-7-2-3-11-29(26)30)31(39)37(32(40)38(33)22-28-10-6-18-41-28)17-5-9-27-20-35-23-36(27)21-25-15-13-24(19-34)14-16-25/h2-4,6-8,10-16,18,20,23H,5,9,17,21-22H2,1H3. The van der Waals surface area contributed by atoms with Crippen molar-refractivity contribution in [3.05, 3.63) is 126 Å². The van der Waals surface area contributed by atoms with Gasteiger partial charge in [0, 0.05) is 25.0 Å². The van der Waals surface area contributed by atoms with Gasteiger partial charge in [0.1, 0.15) is 11.3 Å². The van der Waals surface area contributed by atoms with E-state index in [9.17, 15) is 9.59 Å². The number of nitriles is 1. The third-order valence-corrected chi connectivity index (χ3v) is 7.92. The average Bonchev–Trinajstić information content (AvgIpc) is 3.72. The molecule has 1 fully saturated rings. The number of benzene rings is 3. The van der Waals surface area contributed by atoms with Crippen LogP contribution >= 0.6 is 0 Å². The normalized spacial score (nSPS) is 17.0. The molecule has 0 N–H and O–H groups in total. The van der Waals surface area contributed by atoms with Gasteiger partial charge in [-0.25, -0.2) is 9.78 Å². The Morgan fingerprint density at radius 3 is 2.54 bits per heavy atom. The van der Waals surface area contributed by atoms with Crippen LogP contribution in [0.5, 0.6) is 0 Å². The predicted molar refractivity (Wildman–Crippen MR) is 153 cm³/mol. The van der Waals surface area contributed by atoms with E-state index in [1.54, 1.807) is 35.7 Å². The van der Waals surface area contributed by atoms with E-state index in [0.717, 1.165) is 27.6 Å². The number of imide groups is 1. The van der Waals surface area contributed by atoms with Crippen LogP contribution in [0.25, 0.3) is 10.8 Å². The first-order valence-corrected chi connectivity index (χ1v) is 13.6. The third kappa shape index (κ3) is 4.76. The van der Waals surface area contributed by atoms with E-state index >= 15 is 0 Å². The number of aromatic nitrogens is 2. The lowest BCUT2D eigenvalue weighted by Crippen LogP contribution is -2.44. The monoisotopic (exact) mass is 543 g/mol. The molecule has 8 nitrogen and oxygen atoms in total. The summed E-state index contributed by atoms with van der Waals surface area (Å²) < 4.78 is 7.64. The first-order chi connectivity index (χ1) is 20.0. The summed E-state index contributed by atoms with van der Waals surface area (Å²) in [5.74, 6) is 0.377. The molecular formula is C33H29N5O3. The highest BCUT2D eigenvalue weighted by Crippen LogP contribution is 2.41. The molecule has 5 aromatic rings. The zero-order valence-electron chi connectivity index (χ0n) is 22.7. The fourth-order valence-electron chi connectivity index (χ4n) is 5.69. The lowest BCUT2D eigenvalue weighted by molar-refractivity contribution is -0.133. The second-order valence-corrected chi connectivity index (χ2v) is 10.4. The van der Waals surface area contributed by atoms with Crippen molar-refractivity contribution in [3.8, 4) is 6.07 Å². The van der Waals surface area contributed by atoms with Gasteiger partial charge in [-0.05, 0) is 65.9 Å². The SMILES string of the molecule is CC1(c2cccc3ccccc23)C(=O)N(CCCc2cncn2Cc2ccc(C#N)cc2)C(=O)N1Cc1ccco1. The minimum absolute atomic E-state index is 0.186. The number of rotatable bonds is 9. The molecule has 1 saturated heterocycles. The maximum atomic E-state index is 14.2. The van der Waals surface area contributed by atoms with Crippen LogP contribution in [0.4, 0.5) is 4.79 Å². The summed E-state index contributed by atoms with van der Waals surface area (Å²) in [6.07, 6.45) is 6.42. The number of furan rings is 1. The zero-order valence-corrected chi connectivity index (χ0v) is 22.7. The van der Waals surface area contributed by atoms with Crippen LogP contribution in [-0.4, -0.2) is 37.8 Å². The van der Waals surface area contributed by atoms with Gasteiger partial charge in [-0.15, -0.1) is 0 Å². The lowest BCUT2D eigenvalue weighted by Gasteiger charge is -2.32. The van der Waals surface area contributed by atoms with Gasteiger partial charge < -0.3 is 8.98 Å². The van der Waals surface area contributed by atoms with Crippen LogP contribution in [0, 0.1) is 11.3 Å². The quantitative estimate of drug-likeness (QED) is 0.217. The van der Waals surface area contributed by atoms with Crippen molar-refractivity contribution in [1.82, 2.24) is 19.4 Å². The van der Waals surface area contributed by atoms with E-state index in [4.69, 9.17) is 9.68 Å². The fourth-order valence-corrected chi connectivity index (χ4v) is 5.69. The topological polar surface area (TPSA) is 95.4 Å². The maximum absolute atomic E-state index is 14.2. The molecule has 3 aromatic carbocycles. The van der Waals surface area contributed by atoms with Crippen molar-refractivity contribution < 1.29 is 14.0 Å². The highest BCUT2D eigenvalue weighted by atomic mass is 16.3. The van der Waals surface area contributed by atoms with E-state index in [0.29, 0.717) is 30.7 Å². The first-order valence-electron chi connectivity index (χ1n) is 13.6. The van der Waals surface area contributed by atoms with Crippen LogP contribution in [-0.2, 0) is 29.8 Å². The average molecular weight is 544 g/mol. The van der Waals surface area contributed by atoms with Crippen LogP contribution in [0.1, 0.15) is 41.5 Å². The highest BCUT2D eigenvalue weighted by Gasteiger charge is 2.55. The Bertz CT molecular complexity index is 1740. The maximum Gasteiger partial charge on any atom is 0.328 e. The van der Waals surface area contributed by atoms with Gasteiger partial charge in [-0.1, -0.05) is 54.6 Å². The molecule has 0 spiro atoms. The smallest absolute Gasteiger partial charge is 0.328 e. The number of fused-ring (bicyclic) bond motifs is 1. The number of urea groups is 1. The van der Waals surface area contributed by atoms with Crippen molar-refractivity contribution >= 4 is 22.7 Å². The minimum Gasteiger partial charge on any atom is -0.467 e. The van der Waals surface area contributed by atoms with E-state index in [2.05, 4.69) is 15.6 Å². The molecule has 1 aliphatic heterocycles. The van der Waals surface area contributed by atoms with Crippen LogP contribution in [0.15, 0.2) is 102 Å². The minimum atomic E-state index is -1.19. The Kier molecular flexibility index (Phi) is 6.86. The molecule has 0 bridgehead atoms. The molecule has 1 aliphatic rings. The molecule has 0 saturated carbocycles. The number of hydrogen-bond acceptors (Lipinski definition) is 5. The lowest BCUT2D eigenvalue weighted by atomic mass is 9.86. The number of carbonyl (C=O) groups excluding carboxylic acids is 2. The summed E-state index contributed by atoms with van der Waals surface area (Å²) in [6, 6.07) is 26.7. The van der Waals surface area contributed by atoms with Crippen molar-refractivity contribution in [2.24, 2.45) is 0 Å². The van der Waals surface area contributed by atoms with Crippen molar-refractivity contribution in [3.63, 3.8) is 0 Å². The van der Waals surface area contributed by atoms with Crippen molar-refractivity contribution in [2.45, 2.75) is 38.4 Å². The number of amides is 3. The molecule has 3 heterocycles. The van der Waals surface area contributed by atoms with Crippen molar-refractivity contribution in [1.29, 1.82) is 5.26 Å². The molecule has 1 atom stereocenters. The van der Waals surface area contributed by atoms with E-state index in [1.807, 2.05) is 73.8 Å². The predicted octanol–water partition coefficient (Wildman–Crippen LogP) is 5.86. The molecule has 3 amide bonds. The molecule has 204 valence electrons. The summed E-state index contributed by atoms with van der Waals surface area (Å²) >= 11 is 0. The Labute approximate surface area is 238 Å². The highest BCUT2D eigenvalue weighted by molar-refractivity contribution is 6.09. The molecule has 41 heavy (non-hydrogen) atoms. The summed E-state index contributed by atoms with van der Waals surface area (Å²) in [7, 11) is 0. The van der Waals surface area contributed by atoms with Crippen molar-refractivity contribution in [2.75, 3.05) is 6.54 Å². The van der Waals surface area contributed by atoms with Crippen LogP contribution in [0.3, 0.4) is 0 Å². The molecule has 6 rings (SSSR count). The molecule has 2 aromatic heterocycles. The summed E-state index contributed by atoms with van der Waals surface area (Å²) in [5.41, 5.74) is 2.30. The molecule has 0 radical (unpaired) electrons. The molecule has 0 aliphatic carbocycles. The summed E-state index contributed by atoms with van der Waals surface area (Å²) in [4.78, 5) is 35.4. The number of aryl methyl sites for hydroxylation is 1. The van der Waals surface area contributed by atoms with Crippen LogP contribution < -0.4 is 0 Å². The fraction of sp³-hybridized carbons (Fsp3) is 0.212. The largest absolute Gasteiger partial charge is 0.467 e. The van der Waals surface area contributed by atoms with Gasteiger partial charge in [-0.3, -0.25) is 14.6 Å². The Morgan fingerprint density at radius 2 is 1.76 bits per heavy atom. The van der Waals surface area contributed by atoms with E-state index < -0.39 is 5.54 Å². The Morgan fingerprint density at radius 1 is 0.951 bits per heavy atom. The second kappa shape index (κ2) is 10.8. The van der Waals surface area contributed by atoms with Gasteiger partial charge >= 0.3 is 6.03 Å². The van der Waals surface area contributed by atoms with Gasteiger partial charge in [0.05, 0.1) is 30.8 Å². The molecule has 1 unspecified atom stereocenters. The summed E-state index contributed by atoms with van der Waals surface area (Å²) in [5, 5.41) is 11.0. The number of nitrogens with zero attached hydrogens (tertiary/aromatic N) is 5. The number of hydrogen-bond donors (Lipinski definition) is 0. The third-order valence-electron chi connectivity index (χ3n) is 7.92. The molecular weight excluding hydrogens is 514 g/mol. The van der Waals surface area contributed by atoms with E-state index in [-0.39, 0.29) is 25.0 Å². The van der Waals surface area contributed by atoms with Gasteiger partial charge in [0.15, 0.2) is 0 Å². The first kappa shape index (κ1) is 26.1. The second-order valence-electron chi connectivity index (χ2n) is 10.4. The number of imidazole rings is 1.